The fraction of sp³-hybridized carbons (Fsp3) is 0.167. The molecule has 0 aliphatic carbocycles. The summed E-state index contributed by atoms with van der Waals surface area (Å²) in [7, 11) is -4.04. The Bertz CT molecular complexity index is 1370. The number of amides is 1. The lowest BCUT2D eigenvalue weighted by atomic mass is 10.0. The molecule has 3 aromatic carbocycles. The monoisotopic (exact) mass is 468 g/mol. The molecule has 170 valence electrons. The van der Waals surface area contributed by atoms with Crippen LogP contribution in [0.25, 0.3) is 11.1 Å². The van der Waals surface area contributed by atoms with E-state index in [-0.39, 0.29) is 17.2 Å². The van der Waals surface area contributed by atoms with Gasteiger partial charge in [-0.15, -0.1) is 0 Å². The molecule has 0 spiro atoms. The van der Waals surface area contributed by atoms with Crippen molar-refractivity contribution in [1.82, 2.24) is 0 Å². The minimum Gasteiger partial charge on any atom is -0.462 e. The van der Waals surface area contributed by atoms with E-state index in [9.17, 15) is 22.4 Å². The van der Waals surface area contributed by atoms with Crippen LogP contribution in [0.1, 0.15) is 22.8 Å². The fourth-order valence-electron chi connectivity index (χ4n) is 3.74. The standard InChI is InChI=1S/C24H21FN2O5S/c1-3-32-24(29)16-8-10-20(15(2)12-16)26-23(28)14-27-21-11-9-17(25)13-19(21)18-6-4-5-7-22(18)33(27,30)31/h4-13H,3,14H2,1-2H3,(H,26,28). The molecule has 0 fully saturated rings. The van der Waals surface area contributed by atoms with E-state index < -0.39 is 34.3 Å². The van der Waals surface area contributed by atoms with Gasteiger partial charge in [0.05, 0.1) is 22.8 Å². The first-order valence-corrected chi connectivity index (χ1v) is 11.7. The summed E-state index contributed by atoms with van der Waals surface area (Å²) < 4.78 is 46.5. The molecule has 4 rings (SSSR count). The van der Waals surface area contributed by atoms with Crippen molar-refractivity contribution < 1.29 is 27.1 Å². The van der Waals surface area contributed by atoms with E-state index in [1.165, 1.54) is 24.3 Å². The Balaban J connectivity index is 1.63. The fourth-order valence-corrected chi connectivity index (χ4v) is 5.39. The van der Waals surface area contributed by atoms with Crippen molar-refractivity contribution in [2.45, 2.75) is 18.7 Å². The van der Waals surface area contributed by atoms with E-state index in [1.807, 2.05) is 0 Å². The third kappa shape index (κ3) is 4.19. The third-order valence-corrected chi connectivity index (χ3v) is 7.09. The van der Waals surface area contributed by atoms with Gasteiger partial charge in [0, 0.05) is 16.8 Å². The van der Waals surface area contributed by atoms with Gasteiger partial charge < -0.3 is 10.1 Å². The lowest BCUT2D eigenvalue weighted by molar-refractivity contribution is -0.114. The Morgan fingerprint density at radius 2 is 1.79 bits per heavy atom. The van der Waals surface area contributed by atoms with E-state index in [0.717, 1.165) is 10.4 Å². The van der Waals surface area contributed by atoms with Crippen molar-refractivity contribution in [1.29, 1.82) is 0 Å². The van der Waals surface area contributed by atoms with Crippen LogP contribution in [-0.4, -0.2) is 33.4 Å². The highest BCUT2D eigenvalue weighted by molar-refractivity contribution is 7.93. The zero-order valence-electron chi connectivity index (χ0n) is 18.0. The highest BCUT2D eigenvalue weighted by Gasteiger charge is 2.36. The number of halogens is 1. The number of aryl methyl sites for hydroxylation is 1. The summed E-state index contributed by atoms with van der Waals surface area (Å²) in [5.74, 6) is -1.56. The Labute approximate surface area is 190 Å². The van der Waals surface area contributed by atoms with Gasteiger partial charge in [0.15, 0.2) is 0 Å². The van der Waals surface area contributed by atoms with Crippen LogP contribution in [0.3, 0.4) is 0 Å². The Morgan fingerprint density at radius 1 is 1.03 bits per heavy atom. The number of rotatable bonds is 5. The van der Waals surface area contributed by atoms with Gasteiger partial charge in [0.1, 0.15) is 12.4 Å². The number of nitrogens with zero attached hydrogens (tertiary/aromatic N) is 1. The number of nitrogens with one attached hydrogen (secondary N) is 1. The summed E-state index contributed by atoms with van der Waals surface area (Å²) in [5, 5.41) is 2.69. The lowest BCUT2D eigenvalue weighted by Gasteiger charge is -2.31. The maximum absolute atomic E-state index is 14.0. The van der Waals surface area contributed by atoms with E-state index in [4.69, 9.17) is 4.74 Å². The molecule has 0 radical (unpaired) electrons. The molecule has 7 nitrogen and oxygen atoms in total. The van der Waals surface area contributed by atoms with Crippen molar-refractivity contribution >= 4 is 33.3 Å². The first kappa shape index (κ1) is 22.5. The number of anilines is 2. The molecule has 1 amide bonds. The van der Waals surface area contributed by atoms with Crippen molar-refractivity contribution in [3.8, 4) is 11.1 Å². The molecular formula is C24H21FN2O5S. The van der Waals surface area contributed by atoms with Crippen LogP contribution in [0, 0.1) is 12.7 Å². The average molecular weight is 469 g/mol. The van der Waals surface area contributed by atoms with Gasteiger partial charge in [-0.3, -0.25) is 9.10 Å². The molecule has 0 unspecified atom stereocenters. The van der Waals surface area contributed by atoms with Crippen LogP contribution in [0.4, 0.5) is 15.8 Å². The predicted molar refractivity (Wildman–Crippen MR) is 122 cm³/mol. The minimum absolute atomic E-state index is 0.00544. The molecule has 1 heterocycles. The smallest absolute Gasteiger partial charge is 0.338 e. The summed E-state index contributed by atoms with van der Waals surface area (Å²) in [5.41, 5.74) is 2.39. The number of benzene rings is 3. The number of sulfonamides is 1. The van der Waals surface area contributed by atoms with Gasteiger partial charge in [0.2, 0.25) is 5.91 Å². The highest BCUT2D eigenvalue weighted by atomic mass is 32.2. The van der Waals surface area contributed by atoms with Crippen LogP contribution >= 0.6 is 0 Å². The van der Waals surface area contributed by atoms with Gasteiger partial charge in [-0.25, -0.2) is 17.6 Å². The van der Waals surface area contributed by atoms with Gasteiger partial charge >= 0.3 is 5.97 Å². The second-order valence-electron chi connectivity index (χ2n) is 7.47. The van der Waals surface area contributed by atoms with Crippen molar-refractivity contribution in [3.05, 3.63) is 77.6 Å². The van der Waals surface area contributed by atoms with Crippen LogP contribution in [0.2, 0.25) is 0 Å². The van der Waals surface area contributed by atoms with E-state index in [1.54, 1.807) is 44.2 Å². The summed E-state index contributed by atoms with van der Waals surface area (Å²) in [6.07, 6.45) is 0. The Morgan fingerprint density at radius 3 is 2.52 bits per heavy atom. The number of ether oxygens (including phenoxy) is 1. The number of hydrogen-bond acceptors (Lipinski definition) is 5. The van der Waals surface area contributed by atoms with E-state index >= 15 is 0 Å². The van der Waals surface area contributed by atoms with Crippen molar-refractivity contribution in [2.75, 3.05) is 22.8 Å². The molecular weight excluding hydrogens is 447 g/mol. The summed E-state index contributed by atoms with van der Waals surface area (Å²) in [6, 6.07) is 14.7. The van der Waals surface area contributed by atoms with E-state index in [2.05, 4.69) is 5.32 Å². The maximum atomic E-state index is 14.0. The maximum Gasteiger partial charge on any atom is 0.338 e. The van der Waals surface area contributed by atoms with Crippen LogP contribution < -0.4 is 9.62 Å². The number of esters is 1. The summed E-state index contributed by atoms with van der Waals surface area (Å²) >= 11 is 0. The molecule has 1 aliphatic heterocycles. The summed E-state index contributed by atoms with van der Waals surface area (Å²) in [4.78, 5) is 24.7. The highest BCUT2D eigenvalue weighted by Crippen LogP contribution is 2.43. The van der Waals surface area contributed by atoms with Gasteiger partial charge in [-0.05, 0) is 61.9 Å². The minimum atomic E-state index is -4.04. The van der Waals surface area contributed by atoms with Gasteiger partial charge in [-0.2, -0.15) is 0 Å². The first-order chi connectivity index (χ1) is 15.7. The number of fused-ring (bicyclic) bond motifs is 3. The van der Waals surface area contributed by atoms with Crippen molar-refractivity contribution in [3.63, 3.8) is 0 Å². The lowest BCUT2D eigenvalue weighted by Crippen LogP contribution is -2.40. The van der Waals surface area contributed by atoms with Gasteiger partial charge in [0.25, 0.3) is 10.0 Å². The molecule has 0 saturated heterocycles. The molecule has 1 aliphatic rings. The topological polar surface area (TPSA) is 92.8 Å². The molecule has 1 N–H and O–H groups in total. The molecule has 0 saturated carbocycles. The number of carbonyl (C=O) groups is 2. The Kier molecular flexibility index (Phi) is 5.90. The molecule has 0 bridgehead atoms. The number of carbonyl (C=O) groups excluding carboxylic acids is 2. The van der Waals surface area contributed by atoms with Crippen molar-refractivity contribution in [2.24, 2.45) is 0 Å². The Hall–Kier alpha value is -3.72. The van der Waals surface area contributed by atoms with Crippen LogP contribution in [0.15, 0.2) is 65.6 Å². The zero-order chi connectivity index (χ0) is 23.8. The largest absolute Gasteiger partial charge is 0.462 e. The molecule has 0 aromatic heterocycles. The second kappa shape index (κ2) is 8.67. The molecule has 0 atom stereocenters. The number of hydrogen-bond donors (Lipinski definition) is 1. The van der Waals surface area contributed by atoms with E-state index in [0.29, 0.717) is 27.9 Å². The van der Waals surface area contributed by atoms with Crippen LogP contribution in [-0.2, 0) is 19.6 Å². The predicted octanol–water partition coefficient (Wildman–Crippen LogP) is 4.13. The van der Waals surface area contributed by atoms with Gasteiger partial charge in [-0.1, -0.05) is 18.2 Å². The second-order valence-corrected chi connectivity index (χ2v) is 9.30. The zero-order valence-corrected chi connectivity index (χ0v) is 18.8. The summed E-state index contributed by atoms with van der Waals surface area (Å²) in [6.45, 7) is 3.16. The normalized spacial score (nSPS) is 13.6. The SMILES string of the molecule is CCOC(=O)c1ccc(NC(=O)CN2c3ccc(F)cc3-c3ccccc3S2(=O)=O)c(C)c1. The average Bonchev–Trinajstić information content (AvgIpc) is 2.78. The molecule has 33 heavy (non-hydrogen) atoms. The first-order valence-electron chi connectivity index (χ1n) is 10.2. The molecule has 3 aromatic rings. The third-order valence-electron chi connectivity index (χ3n) is 5.27. The molecule has 9 heteroatoms. The van der Waals surface area contributed by atoms with Crippen LogP contribution in [0.5, 0.6) is 0 Å². The quantitative estimate of drug-likeness (QED) is 0.569.